The molecule has 0 saturated heterocycles. The van der Waals surface area contributed by atoms with E-state index < -0.39 is 25.1 Å². The van der Waals surface area contributed by atoms with E-state index in [1.807, 2.05) is 9.36 Å². The Morgan fingerprint density at radius 2 is 0.663 bits per heavy atom. The van der Waals surface area contributed by atoms with Crippen LogP contribution in [-0.4, -0.2) is 55.1 Å². The van der Waals surface area contributed by atoms with Crippen LogP contribution in [0.3, 0.4) is 0 Å². The average Bonchev–Trinajstić information content (AvgIpc) is 0.849. The summed E-state index contributed by atoms with van der Waals surface area (Å²) < 4.78 is 33.5. The van der Waals surface area contributed by atoms with Crippen LogP contribution in [0.4, 0.5) is 0 Å². The van der Waals surface area contributed by atoms with E-state index in [2.05, 4.69) is 253 Å². The summed E-state index contributed by atoms with van der Waals surface area (Å²) in [6.45, 7) is 29.4. The molecule has 0 saturated carbocycles. The Morgan fingerprint density at radius 1 is 0.368 bits per heavy atom. The zero-order chi connectivity index (χ0) is 65.4. The van der Waals surface area contributed by atoms with Crippen molar-refractivity contribution < 1.29 is 14.8 Å². The van der Waals surface area contributed by atoms with Crippen LogP contribution < -0.4 is 14.8 Å². The van der Waals surface area contributed by atoms with Gasteiger partial charge in [-0.3, -0.25) is 0 Å². The van der Waals surface area contributed by atoms with Crippen LogP contribution in [0.2, 0.25) is 0 Å². The Kier molecular flexibility index (Phi) is 14.7. The molecule has 2 aliphatic heterocycles. The van der Waals surface area contributed by atoms with Crippen LogP contribution >= 0.6 is 0 Å². The van der Waals surface area contributed by atoms with Crippen molar-refractivity contribution in [1.82, 2.24) is 30.0 Å². The number of benzene rings is 12. The van der Waals surface area contributed by atoms with E-state index >= 15 is 0 Å². The van der Waals surface area contributed by atoms with Gasteiger partial charge in [-0.15, -0.1) is 0 Å². The molecule has 2 radical (unpaired) electrons. The first-order chi connectivity index (χ1) is 45.5. The van der Waals surface area contributed by atoms with Gasteiger partial charge >= 0.3 is 389 Å². The molecule has 16 rings (SSSR count). The van der Waals surface area contributed by atoms with Gasteiger partial charge in [0.15, 0.2) is 0 Å². The van der Waals surface area contributed by atoms with Crippen molar-refractivity contribution >= 4 is 89.8 Å². The second kappa shape index (κ2) is 22.9. The Hall–Kier alpha value is -8.88. The second-order valence-corrected chi connectivity index (χ2v) is 33.3. The molecule has 14 aromatic rings. The summed E-state index contributed by atoms with van der Waals surface area (Å²) in [6.07, 6.45) is 6.40. The van der Waals surface area contributed by atoms with E-state index in [9.17, 15) is 0 Å². The summed E-state index contributed by atoms with van der Waals surface area (Å²) in [6, 6.07) is 59.3. The number of rotatable bonds is 10. The Morgan fingerprint density at radius 3 is 0.989 bits per heavy atom. The molecule has 0 unspecified atom stereocenters. The first-order valence-corrected chi connectivity index (χ1v) is 36.8. The molecule has 10 nitrogen and oxygen atoms in total. The number of ether oxygens (including phenoxy) is 2. The fraction of sp³-hybridized carbons (Fsp3) is 0.286. The van der Waals surface area contributed by atoms with E-state index in [-0.39, 0.29) is 34.9 Å². The molecule has 6 bridgehead atoms. The van der Waals surface area contributed by atoms with Gasteiger partial charge in [-0.05, 0) is 75.8 Å². The zero-order valence-electron chi connectivity index (χ0n) is 56.6. The third kappa shape index (κ3) is 11.4. The molecule has 0 atom stereocenters. The van der Waals surface area contributed by atoms with Gasteiger partial charge in [0.2, 0.25) is 0 Å². The Labute approximate surface area is 569 Å². The van der Waals surface area contributed by atoms with E-state index in [0.29, 0.717) is 38.8 Å². The number of hydrogen-bond acceptors (Lipinski definition) is 8. The molecule has 12 aromatic carbocycles. The van der Waals surface area contributed by atoms with Gasteiger partial charge in [-0.25, -0.2) is 0 Å². The molecule has 2 aliphatic rings. The molecule has 0 spiro atoms. The van der Waals surface area contributed by atoms with Crippen molar-refractivity contribution in [3.63, 3.8) is 0 Å². The average molecular weight is 1440 g/mol. The van der Waals surface area contributed by atoms with Crippen molar-refractivity contribution in [1.29, 1.82) is 0 Å². The maximum absolute atomic E-state index is 7.44. The number of aromatic nitrogens is 6. The molecule has 95 heavy (non-hydrogen) atoms. The van der Waals surface area contributed by atoms with Gasteiger partial charge in [0.1, 0.15) is 0 Å². The Balaban J connectivity index is 0.802. The van der Waals surface area contributed by atoms with Crippen LogP contribution in [0.25, 0.3) is 64.6 Å². The van der Waals surface area contributed by atoms with E-state index in [1.165, 1.54) is 98.0 Å². The van der Waals surface area contributed by atoms with Crippen molar-refractivity contribution in [2.75, 3.05) is 0 Å². The predicted molar refractivity (Wildman–Crippen MR) is 386 cm³/mol. The molecule has 0 fully saturated rings. The van der Waals surface area contributed by atoms with Crippen molar-refractivity contribution in [3.05, 3.63) is 259 Å². The first-order valence-electron chi connectivity index (χ1n) is 33.6. The summed E-state index contributed by atoms with van der Waals surface area (Å²) in [5.41, 5.74) is 17.0. The number of nitrogens with zero attached hydrogens (tertiary/aromatic N) is 6. The first kappa shape index (κ1) is 61.0. The summed E-state index contributed by atoms with van der Waals surface area (Å²) in [4.78, 5) is 0. The molecule has 4 heterocycles. The van der Waals surface area contributed by atoms with Crippen LogP contribution in [0.1, 0.15) is 172 Å². The quantitative estimate of drug-likeness (QED) is 0.0986. The van der Waals surface area contributed by atoms with Gasteiger partial charge in [0, 0.05) is 0 Å². The normalized spacial score (nSPS) is 13.8. The minimum atomic E-state index is -2.37. The standard InChI is InChI=1S/C84H82N6O4.Pb/c1-81(2,3)65-35-57-31-61-39-67(83(7,8)9)41-63(79(61)93-47-69-45-89(87-85-69)43-55-25-23-53-21-19-49-15-13-17-51-27-29-71(55)75(53)73(49)51)33-59-37-66(82(4,5)6)38-60(78(59)92)34-64-42-68(84(10,11)12)40-62(32-58(36-65)77(57)91)80(64)94-48-70-46-90(88-86-70)44-56-26-24-54-22-20-50-16-14-18-52-28-30-72(56)76(54)74(50)52;/h13-30,35-42,45-46,91-92H,31-34,43-44,47-48H2,1-12H3;/q;+2/p-2. The summed E-state index contributed by atoms with van der Waals surface area (Å²) in [5.74, 6) is 3.51. The number of fused-ring (bicyclic) bond motifs is 6. The third-order valence-corrected chi connectivity index (χ3v) is 22.3. The third-order valence-electron chi connectivity index (χ3n) is 20.0. The second-order valence-electron chi connectivity index (χ2n) is 31.0. The van der Waals surface area contributed by atoms with Gasteiger partial charge < -0.3 is 0 Å². The van der Waals surface area contributed by atoms with Crippen molar-refractivity contribution in [2.45, 2.75) is 157 Å². The topological polar surface area (TPSA) is 98.3 Å². The fourth-order valence-electron chi connectivity index (χ4n) is 14.8. The Bertz CT molecular complexity index is 4900. The zero-order valence-corrected chi connectivity index (χ0v) is 60.5. The molecule has 0 N–H and O–H groups in total. The van der Waals surface area contributed by atoms with E-state index in [0.717, 1.165) is 78.9 Å². The minimum absolute atomic E-state index is 0.179. The van der Waals surface area contributed by atoms with E-state index in [1.54, 1.807) is 0 Å². The molecule has 0 aliphatic carbocycles. The maximum atomic E-state index is 7.44. The molecule has 0 amide bonds. The van der Waals surface area contributed by atoms with Gasteiger partial charge in [-0.2, -0.15) is 0 Å². The van der Waals surface area contributed by atoms with Crippen LogP contribution in [0, 0.1) is 0 Å². The van der Waals surface area contributed by atoms with Crippen molar-refractivity contribution in [3.8, 4) is 23.0 Å². The molecular weight excluding hydrogens is 1360 g/mol. The SMILES string of the molecule is CC(C)(C)c1cc2c(OCc3cn(Cc4ccc5ccc6cccc7ccc4c5c67)nn3)c(c1)Cc1cc(C(C)(C)C)cc3c1[O][Pb][O]c1c(cc(C(C)(C)C)cc1Cc1cc(C(C)(C)C)cc(c1OCc1cn(Cc4ccc5ccc6cccc7ccc4c5c67)nn1)C3)C2. The van der Waals surface area contributed by atoms with Crippen molar-refractivity contribution in [2.24, 2.45) is 0 Å². The summed E-state index contributed by atoms with van der Waals surface area (Å²) >= 11 is -2.37. The molecule has 474 valence electrons. The predicted octanol–water partition coefficient (Wildman–Crippen LogP) is 19.1. The molecule has 2 aromatic heterocycles. The monoisotopic (exact) mass is 1440 g/mol. The van der Waals surface area contributed by atoms with Crippen LogP contribution in [0.5, 0.6) is 23.0 Å². The van der Waals surface area contributed by atoms with E-state index in [4.69, 9.17) is 35.5 Å². The van der Waals surface area contributed by atoms with Gasteiger partial charge in [0.25, 0.3) is 0 Å². The van der Waals surface area contributed by atoms with Gasteiger partial charge in [0.05, 0.1) is 0 Å². The summed E-state index contributed by atoms with van der Waals surface area (Å²) in [7, 11) is 0. The molecule has 11 heteroatoms. The van der Waals surface area contributed by atoms with Crippen LogP contribution in [-0.2, 0) is 73.6 Å². The number of hydrogen-bond donors (Lipinski definition) is 0. The van der Waals surface area contributed by atoms with Crippen LogP contribution in [0.15, 0.2) is 170 Å². The molecular formula is C84H80N6O4Pb. The summed E-state index contributed by atoms with van der Waals surface area (Å²) in [5, 5.41) is 34.3. The van der Waals surface area contributed by atoms with Gasteiger partial charge in [-0.1, -0.05) is 109 Å². The fourth-order valence-corrected chi connectivity index (χ4v) is 17.7.